The standard InChI is InChI=1S/C9H18N2O3/c1-11(2)8(12)5-3-4-6-10-7-9(13)14/h10H,3-7H2,1-2H3,(H,13,14). The molecule has 5 nitrogen and oxygen atoms in total. The Morgan fingerprint density at radius 3 is 2.43 bits per heavy atom. The molecule has 2 N–H and O–H groups in total. The monoisotopic (exact) mass is 202 g/mol. The van der Waals surface area contributed by atoms with Crippen molar-refractivity contribution in [1.29, 1.82) is 0 Å². The van der Waals surface area contributed by atoms with Crippen molar-refractivity contribution < 1.29 is 14.7 Å². The SMILES string of the molecule is CN(C)C(=O)CCCCNCC(=O)O. The first kappa shape index (κ1) is 12.9. The van der Waals surface area contributed by atoms with Crippen LogP contribution in [0.5, 0.6) is 0 Å². The lowest BCUT2D eigenvalue weighted by Crippen LogP contribution is -2.24. The predicted octanol–water partition coefficient (Wildman–Crippen LogP) is -0.0809. The van der Waals surface area contributed by atoms with Crippen LogP contribution >= 0.6 is 0 Å². The van der Waals surface area contributed by atoms with E-state index in [4.69, 9.17) is 5.11 Å². The highest BCUT2D eigenvalue weighted by Gasteiger charge is 2.02. The summed E-state index contributed by atoms with van der Waals surface area (Å²) < 4.78 is 0. The molecule has 0 aromatic rings. The first-order valence-corrected chi connectivity index (χ1v) is 4.66. The zero-order chi connectivity index (χ0) is 11.0. The van der Waals surface area contributed by atoms with Crippen LogP contribution in [0.25, 0.3) is 0 Å². The molecule has 0 fully saturated rings. The Bertz CT molecular complexity index is 192. The average molecular weight is 202 g/mol. The molecule has 0 saturated carbocycles. The van der Waals surface area contributed by atoms with E-state index in [1.165, 1.54) is 0 Å². The molecule has 0 aromatic carbocycles. The van der Waals surface area contributed by atoms with Crippen LogP contribution in [0.3, 0.4) is 0 Å². The van der Waals surface area contributed by atoms with Crippen LogP contribution in [-0.4, -0.2) is 49.1 Å². The van der Waals surface area contributed by atoms with E-state index >= 15 is 0 Å². The topological polar surface area (TPSA) is 69.6 Å². The molecule has 0 unspecified atom stereocenters. The molecule has 5 heteroatoms. The van der Waals surface area contributed by atoms with Gasteiger partial charge in [0.15, 0.2) is 0 Å². The summed E-state index contributed by atoms with van der Waals surface area (Å²) in [5.74, 6) is -0.738. The molecule has 82 valence electrons. The molecule has 0 heterocycles. The summed E-state index contributed by atoms with van der Waals surface area (Å²) in [6.45, 7) is 0.634. The maximum atomic E-state index is 11.1. The number of aliphatic carboxylic acids is 1. The van der Waals surface area contributed by atoms with Gasteiger partial charge in [-0.25, -0.2) is 0 Å². The second kappa shape index (κ2) is 7.32. The Morgan fingerprint density at radius 2 is 1.93 bits per heavy atom. The van der Waals surface area contributed by atoms with Gasteiger partial charge < -0.3 is 15.3 Å². The fourth-order valence-electron chi connectivity index (χ4n) is 0.945. The molecule has 0 bridgehead atoms. The van der Waals surface area contributed by atoms with Gasteiger partial charge in [0.25, 0.3) is 0 Å². The number of carbonyl (C=O) groups excluding carboxylic acids is 1. The van der Waals surface area contributed by atoms with E-state index < -0.39 is 5.97 Å². The number of carbonyl (C=O) groups is 2. The van der Waals surface area contributed by atoms with Crippen LogP contribution in [0.2, 0.25) is 0 Å². The summed E-state index contributed by atoms with van der Waals surface area (Å²) in [4.78, 5) is 22.8. The molecule has 0 atom stereocenters. The Labute approximate surface area is 84.1 Å². The van der Waals surface area contributed by atoms with Crippen molar-refractivity contribution in [3.05, 3.63) is 0 Å². The van der Waals surface area contributed by atoms with Gasteiger partial charge in [-0.3, -0.25) is 9.59 Å². The van der Waals surface area contributed by atoms with Gasteiger partial charge in [0.05, 0.1) is 6.54 Å². The third-order valence-electron chi connectivity index (χ3n) is 1.77. The lowest BCUT2D eigenvalue weighted by molar-refractivity contribution is -0.136. The molecular formula is C9H18N2O3. The minimum Gasteiger partial charge on any atom is -0.480 e. The largest absolute Gasteiger partial charge is 0.480 e. The molecule has 14 heavy (non-hydrogen) atoms. The minimum atomic E-state index is -0.852. The van der Waals surface area contributed by atoms with Crippen LogP contribution in [0.4, 0.5) is 0 Å². The third-order valence-corrected chi connectivity index (χ3v) is 1.77. The van der Waals surface area contributed by atoms with Gasteiger partial charge in [0.1, 0.15) is 0 Å². The summed E-state index contributed by atoms with van der Waals surface area (Å²) in [7, 11) is 3.45. The number of amides is 1. The van der Waals surface area contributed by atoms with Gasteiger partial charge in [-0.2, -0.15) is 0 Å². The fraction of sp³-hybridized carbons (Fsp3) is 0.778. The quantitative estimate of drug-likeness (QED) is 0.566. The lowest BCUT2D eigenvalue weighted by Gasteiger charge is -2.09. The van der Waals surface area contributed by atoms with Gasteiger partial charge in [-0.05, 0) is 19.4 Å². The van der Waals surface area contributed by atoms with Crippen LogP contribution in [0, 0.1) is 0 Å². The van der Waals surface area contributed by atoms with E-state index in [-0.39, 0.29) is 12.5 Å². The molecule has 0 aromatic heterocycles. The van der Waals surface area contributed by atoms with Gasteiger partial charge >= 0.3 is 5.97 Å². The number of nitrogens with one attached hydrogen (secondary N) is 1. The van der Waals surface area contributed by atoms with E-state index in [1.54, 1.807) is 19.0 Å². The van der Waals surface area contributed by atoms with Crippen LogP contribution in [0.15, 0.2) is 0 Å². The number of hydrogen-bond acceptors (Lipinski definition) is 3. The van der Waals surface area contributed by atoms with Crippen LogP contribution < -0.4 is 5.32 Å². The molecule has 0 aliphatic heterocycles. The Hall–Kier alpha value is -1.10. The molecular weight excluding hydrogens is 184 g/mol. The molecule has 0 spiro atoms. The van der Waals surface area contributed by atoms with Crippen molar-refractivity contribution in [2.75, 3.05) is 27.2 Å². The third kappa shape index (κ3) is 7.54. The van der Waals surface area contributed by atoms with Crippen molar-refractivity contribution in [1.82, 2.24) is 10.2 Å². The molecule has 0 aliphatic carbocycles. The van der Waals surface area contributed by atoms with Crippen molar-refractivity contribution in [3.63, 3.8) is 0 Å². The van der Waals surface area contributed by atoms with Crippen LogP contribution in [-0.2, 0) is 9.59 Å². The Morgan fingerprint density at radius 1 is 1.29 bits per heavy atom. The summed E-state index contributed by atoms with van der Waals surface area (Å²) in [6.07, 6.45) is 2.15. The van der Waals surface area contributed by atoms with Gasteiger partial charge in [-0.1, -0.05) is 0 Å². The van der Waals surface area contributed by atoms with E-state index in [9.17, 15) is 9.59 Å². The van der Waals surface area contributed by atoms with Gasteiger partial charge in [0, 0.05) is 20.5 Å². The Kier molecular flexibility index (Phi) is 6.74. The number of rotatable bonds is 7. The molecule has 0 rings (SSSR count). The van der Waals surface area contributed by atoms with E-state index in [0.29, 0.717) is 13.0 Å². The highest BCUT2D eigenvalue weighted by atomic mass is 16.4. The smallest absolute Gasteiger partial charge is 0.317 e. The van der Waals surface area contributed by atoms with Crippen molar-refractivity contribution in [2.24, 2.45) is 0 Å². The highest BCUT2D eigenvalue weighted by molar-refractivity contribution is 5.75. The minimum absolute atomic E-state index is 0.0123. The molecule has 1 amide bonds. The first-order chi connectivity index (χ1) is 6.54. The van der Waals surface area contributed by atoms with E-state index in [2.05, 4.69) is 5.32 Å². The van der Waals surface area contributed by atoms with Gasteiger partial charge in [-0.15, -0.1) is 0 Å². The highest BCUT2D eigenvalue weighted by Crippen LogP contribution is 1.96. The second-order valence-corrected chi connectivity index (χ2v) is 3.32. The summed E-state index contributed by atoms with van der Waals surface area (Å²) in [5.41, 5.74) is 0. The second-order valence-electron chi connectivity index (χ2n) is 3.32. The molecule has 0 aliphatic rings. The summed E-state index contributed by atoms with van der Waals surface area (Å²) in [5, 5.41) is 11.1. The normalized spacial score (nSPS) is 9.86. The zero-order valence-corrected chi connectivity index (χ0v) is 8.75. The number of hydrogen-bond donors (Lipinski definition) is 2. The molecule has 0 saturated heterocycles. The van der Waals surface area contributed by atoms with Crippen LogP contribution in [0.1, 0.15) is 19.3 Å². The summed E-state index contributed by atoms with van der Waals surface area (Å²) in [6, 6.07) is 0. The number of carboxylic acid groups (broad SMARTS) is 1. The van der Waals surface area contributed by atoms with Crippen molar-refractivity contribution >= 4 is 11.9 Å². The number of unbranched alkanes of at least 4 members (excludes halogenated alkanes) is 1. The number of nitrogens with zero attached hydrogens (tertiary/aromatic N) is 1. The maximum Gasteiger partial charge on any atom is 0.317 e. The Balaban J connectivity index is 3.22. The number of carboxylic acids is 1. The van der Waals surface area contributed by atoms with Gasteiger partial charge in [0.2, 0.25) is 5.91 Å². The lowest BCUT2D eigenvalue weighted by atomic mass is 10.2. The fourth-order valence-corrected chi connectivity index (χ4v) is 0.945. The maximum absolute atomic E-state index is 11.1. The van der Waals surface area contributed by atoms with E-state index in [1.807, 2.05) is 0 Å². The zero-order valence-electron chi connectivity index (χ0n) is 8.75. The van der Waals surface area contributed by atoms with E-state index in [0.717, 1.165) is 12.8 Å². The van der Waals surface area contributed by atoms with Crippen molar-refractivity contribution in [2.45, 2.75) is 19.3 Å². The summed E-state index contributed by atoms with van der Waals surface area (Å²) >= 11 is 0. The first-order valence-electron chi connectivity index (χ1n) is 4.66. The molecule has 0 radical (unpaired) electrons. The van der Waals surface area contributed by atoms with Crippen molar-refractivity contribution in [3.8, 4) is 0 Å². The predicted molar refractivity (Wildman–Crippen MR) is 53.1 cm³/mol. The average Bonchev–Trinajstić information content (AvgIpc) is 2.09.